The van der Waals surface area contributed by atoms with Crippen LogP contribution in [0.1, 0.15) is 29.7 Å². The Morgan fingerprint density at radius 3 is 2.64 bits per heavy atom. The molecule has 33 heavy (non-hydrogen) atoms. The molecule has 3 N–H and O–H groups in total. The zero-order valence-electron chi connectivity index (χ0n) is 16.9. The molecule has 13 heteroatoms. The van der Waals surface area contributed by atoms with Crippen LogP contribution in [0.4, 0.5) is 24.8 Å². The highest BCUT2D eigenvalue weighted by Gasteiger charge is 2.35. The molecular weight excluding hydrogens is 477 g/mol. The van der Waals surface area contributed by atoms with Crippen LogP contribution >= 0.6 is 25.1 Å². The lowest BCUT2D eigenvalue weighted by molar-refractivity contribution is -0.137. The van der Waals surface area contributed by atoms with E-state index in [4.69, 9.17) is 17.3 Å². The number of nitrogens with zero attached hydrogens (tertiary/aromatic N) is 6. The fourth-order valence-corrected chi connectivity index (χ4v) is 3.45. The van der Waals surface area contributed by atoms with Crippen LogP contribution in [0.2, 0.25) is 5.15 Å². The van der Waals surface area contributed by atoms with Crippen molar-refractivity contribution in [2.24, 2.45) is 0 Å². The van der Waals surface area contributed by atoms with Gasteiger partial charge in [0, 0.05) is 11.1 Å². The highest BCUT2D eigenvalue weighted by atomic mass is 35.5. The Bertz CT molecular complexity index is 1370. The number of hydrogen-bond acceptors (Lipinski definition) is 7. The van der Waals surface area contributed by atoms with Crippen molar-refractivity contribution in [2.75, 3.05) is 11.1 Å². The zero-order valence-corrected chi connectivity index (χ0v) is 18.6. The number of nitrogens with one attached hydrogen (secondary N) is 1. The first kappa shape index (κ1) is 24.1. The largest absolute Gasteiger partial charge is 0.417 e. The minimum Gasteiger partial charge on any atom is -0.382 e. The van der Waals surface area contributed by atoms with Gasteiger partial charge in [-0.15, -0.1) is 0 Å². The highest BCUT2D eigenvalue weighted by Crippen LogP contribution is 2.39. The molecule has 4 rings (SSSR count). The van der Waals surface area contributed by atoms with Gasteiger partial charge in [0.15, 0.2) is 10.8 Å². The maximum Gasteiger partial charge on any atom is 0.417 e. The molecule has 0 saturated carbocycles. The Hall–Kier alpha value is -3.56. The van der Waals surface area contributed by atoms with E-state index in [0.717, 1.165) is 6.07 Å². The SMILES string of the molecule is C[C@H](Nc1ncnc(N)c1C#N)c1cc2ncc(Cl)n2nc1-c1ccccc1C(F)(F)F.S. The summed E-state index contributed by atoms with van der Waals surface area (Å²) in [4.78, 5) is 12.0. The minimum atomic E-state index is -4.60. The second-order valence-electron chi connectivity index (χ2n) is 6.80. The number of aromatic nitrogens is 5. The lowest BCUT2D eigenvalue weighted by Crippen LogP contribution is -2.15. The molecule has 0 fully saturated rings. The van der Waals surface area contributed by atoms with Crippen LogP contribution in [0, 0.1) is 11.3 Å². The molecule has 0 radical (unpaired) electrons. The third-order valence-electron chi connectivity index (χ3n) is 4.78. The molecule has 8 nitrogen and oxygen atoms in total. The number of rotatable bonds is 4. The van der Waals surface area contributed by atoms with Gasteiger partial charge >= 0.3 is 6.18 Å². The molecular formula is C20H16ClF3N8S. The van der Waals surface area contributed by atoms with Crippen LogP contribution in [0.25, 0.3) is 16.9 Å². The minimum absolute atomic E-state index is 0. The molecule has 1 aromatic carbocycles. The number of alkyl halides is 3. The van der Waals surface area contributed by atoms with Crippen molar-refractivity contribution >= 4 is 42.4 Å². The number of imidazole rings is 1. The molecule has 1 atom stereocenters. The molecule has 0 aliphatic heterocycles. The lowest BCUT2D eigenvalue weighted by atomic mass is 9.97. The number of halogens is 4. The molecule has 3 heterocycles. The van der Waals surface area contributed by atoms with Crippen LogP contribution < -0.4 is 11.1 Å². The third-order valence-corrected chi connectivity index (χ3v) is 5.03. The summed E-state index contributed by atoms with van der Waals surface area (Å²) >= 11 is 6.11. The standard InChI is InChI=1S/C20H14ClF3N8.H2S/c1-10(30-19-13(7-25)18(26)28-9-29-19)12-6-16-27-8-15(21)32(16)31-17(12)11-4-2-3-5-14(11)20(22,23)24;/h2-6,8-10H,1H3,(H3,26,28,29,30);1H2/t10-;/m0./s1. The first-order valence-electron chi connectivity index (χ1n) is 9.18. The van der Waals surface area contributed by atoms with Crippen molar-refractivity contribution in [3.05, 3.63) is 64.7 Å². The van der Waals surface area contributed by atoms with Crippen molar-refractivity contribution in [1.29, 1.82) is 5.26 Å². The summed E-state index contributed by atoms with van der Waals surface area (Å²) in [5.74, 6) is 0.122. The predicted octanol–water partition coefficient (Wildman–Crippen LogP) is 4.60. The Morgan fingerprint density at radius 2 is 1.94 bits per heavy atom. The molecule has 0 bridgehead atoms. The van der Waals surface area contributed by atoms with Gasteiger partial charge in [-0.1, -0.05) is 29.8 Å². The summed E-state index contributed by atoms with van der Waals surface area (Å²) in [6.45, 7) is 1.69. The number of nitrogens with two attached hydrogens (primary N) is 1. The van der Waals surface area contributed by atoms with Crippen molar-refractivity contribution < 1.29 is 13.2 Å². The van der Waals surface area contributed by atoms with Crippen molar-refractivity contribution in [3.8, 4) is 17.3 Å². The quantitative estimate of drug-likeness (QED) is 0.427. The smallest absolute Gasteiger partial charge is 0.382 e. The van der Waals surface area contributed by atoms with E-state index in [1.165, 1.54) is 35.2 Å². The summed E-state index contributed by atoms with van der Waals surface area (Å²) in [6, 6.07) is 7.97. The van der Waals surface area contributed by atoms with Gasteiger partial charge < -0.3 is 11.1 Å². The molecule has 0 spiro atoms. The molecule has 0 amide bonds. The van der Waals surface area contributed by atoms with Gasteiger partial charge in [0.25, 0.3) is 0 Å². The zero-order chi connectivity index (χ0) is 23.0. The lowest BCUT2D eigenvalue weighted by Gasteiger charge is -2.21. The maximum absolute atomic E-state index is 13.7. The average Bonchev–Trinajstić information content (AvgIpc) is 3.12. The van der Waals surface area contributed by atoms with Gasteiger partial charge in [-0.2, -0.15) is 37.0 Å². The number of fused-ring (bicyclic) bond motifs is 1. The van der Waals surface area contributed by atoms with Crippen LogP contribution in [0.15, 0.2) is 42.9 Å². The molecule has 170 valence electrons. The van der Waals surface area contributed by atoms with Crippen LogP contribution in [-0.2, 0) is 6.18 Å². The highest BCUT2D eigenvalue weighted by molar-refractivity contribution is 7.59. The Kier molecular flexibility index (Phi) is 6.66. The van der Waals surface area contributed by atoms with E-state index in [2.05, 4.69) is 25.4 Å². The predicted molar refractivity (Wildman–Crippen MR) is 122 cm³/mol. The summed E-state index contributed by atoms with van der Waals surface area (Å²) in [5.41, 5.74) is 5.56. The first-order valence-corrected chi connectivity index (χ1v) is 9.56. The molecule has 0 saturated heterocycles. The van der Waals surface area contributed by atoms with Crippen molar-refractivity contribution in [1.82, 2.24) is 24.6 Å². The van der Waals surface area contributed by atoms with E-state index in [1.54, 1.807) is 13.0 Å². The van der Waals surface area contributed by atoms with E-state index in [0.29, 0.717) is 11.2 Å². The van der Waals surface area contributed by atoms with Gasteiger partial charge in [0.05, 0.1) is 23.5 Å². The van der Waals surface area contributed by atoms with E-state index in [9.17, 15) is 18.4 Å². The van der Waals surface area contributed by atoms with Crippen LogP contribution in [0.5, 0.6) is 0 Å². The molecule has 4 aromatic rings. The fourth-order valence-electron chi connectivity index (χ4n) is 3.28. The van der Waals surface area contributed by atoms with Gasteiger partial charge in [-0.25, -0.2) is 19.5 Å². The van der Waals surface area contributed by atoms with Gasteiger partial charge in [-0.05, 0) is 19.1 Å². The van der Waals surface area contributed by atoms with E-state index >= 15 is 0 Å². The number of anilines is 2. The second-order valence-corrected chi connectivity index (χ2v) is 7.19. The van der Waals surface area contributed by atoms with Crippen LogP contribution in [0.3, 0.4) is 0 Å². The van der Waals surface area contributed by atoms with Crippen molar-refractivity contribution in [2.45, 2.75) is 19.1 Å². The fraction of sp³-hybridized carbons (Fsp3) is 0.150. The summed E-state index contributed by atoms with van der Waals surface area (Å²) < 4.78 is 42.5. The normalized spacial score (nSPS) is 12.1. The number of nitrogen functional groups attached to an aromatic ring is 1. The molecule has 0 aliphatic rings. The summed E-state index contributed by atoms with van der Waals surface area (Å²) in [6.07, 6.45) is -2.07. The Balaban J connectivity index is 0.00000306. The third kappa shape index (κ3) is 4.50. The Morgan fingerprint density at radius 1 is 1.21 bits per heavy atom. The van der Waals surface area contributed by atoms with Gasteiger partial charge in [-0.3, -0.25) is 0 Å². The number of hydrogen-bond donors (Lipinski definition) is 2. The van der Waals surface area contributed by atoms with E-state index in [1.807, 2.05) is 6.07 Å². The molecule has 3 aromatic heterocycles. The average molecular weight is 493 g/mol. The molecule has 0 unspecified atom stereocenters. The number of nitriles is 1. The van der Waals surface area contributed by atoms with Crippen molar-refractivity contribution in [3.63, 3.8) is 0 Å². The molecule has 0 aliphatic carbocycles. The summed E-state index contributed by atoms with van der Waals surface area (Å²) in [5, 5.41) is 16.9. The van der Waals surface area contributed by atoms with Gasteiger partial charge in [0.2, 0.25) is 0 Å². The number of benzene rings is 1. The van der Waals surface area contributed by atoms with Gasteiger partial charge in [0.1, 0.15) is 29.6 Å². The van der Waals surface area contributed by atoms with E-state index < -0.39 is 17.8 Å². The maximum atomic E-state index is 13.7. The van der Waals surface area contributed by atoms with Crippen LogP contribution in [-0.4, -0.2) is 24.6 Å². The van der Waals surface area contributed by atoms with E-state index in [-0.39, 0.29) is 47.1 Å². The Labute approximate surface area is 197 Å². The topological polar surface area (TPSA) is 118 Å². The second kappa shape index (κ2) is 9.13. The summed E-state index contributed by atoms with van der Waals surface area (Å²) in [7, 11) is 0. The first-order chi connectivity index (χ1) is 15.2. The monoisotopic (exact) mass is 492 g/mol.